The Balaban J connectivity index is 2.33. The van der Waals surface area contributed by atoms with E-state index in [1.165, 1.54) is 0 Å². The SMILES string of the molecule is CC(C)(C)CN1Cc2cc(O)ccc2C[C@H](N)C1=O. The summed E-state index contributed by atoms with van der Waals surface area (Å²) in [5, 5.41) is 9.60. The van der Waals surface area contributed by atoms with Crippen molar-refractivity contribution in [1.29, 1.82) is 0 Å². The van der Waals surface area contributed by atoms with Crippen molar-refractivity contribution >= 4 is 5.91 Å². The predicted molar refractivity (Wildman–Crippen MR) is 74.7 cm³/mol. The smallest absolute Gasteiger partial charge is 0.240 e. The van der Waals surface area contributed by atoms with Gasteiger partial charge in [-0.15, -0.1) is 0 Å². The topological polar surface area (TPSA) is 66.6 Å². The van der Waals surface area contributed by atoms with Gasteiger partial charge in [-0.25, -0.2) is 0 Å². The predicted octanol–water partition coefficient (Wildman–Crippen LogP) is 1.65. The van der Waals surface area contributed by atoms with E-state index < -0.39 is 6.04 Å². The third-order valence-corrected chi connectivity index (χ3v) is 3.28. The van der Waals surface area contributed by atoms with Gasteiger partial charge in [0.25, 0.3) is 0 Å². The first-order valence-corrected chi connectivity index (χ1v) is 6.61. The maximum absolute atomic E-state index is 12.3. The van der Waals surface area contributed by atoms with Crippen LogP contribution in [0.15, 0.2) is 18.2 Å². The van der Waals surface area contributed by atoms with Gasteiger partial charge in [0, 0.05) is 13.1 Å². The Morgan fingerprint density at radius 2 is 2.05 bits per heavy atom. The molecule has 2 rings (SSSR count). The fourth-order valence-electron chi connectivity index (χ4n) is 2.51. The molecule has 1 heterocycles. The minimum atomic E-state index is -0.492. The molecule has 1 amide bonds. The molecule has 1 aromatic rings. The number of carbonyl (C=O) groups is 1. The van der Waals surface area contributed by atoms with Crippen molar-refractivity contribution in [2.45, 2.75) is 39.8 Å². The molecule has 0 saturated carbocycles. The molecule has 0 aromatic heterocycles. The number of nitrogens with zero attached hydrogens (tertiary/aromatic N) is 1. The standard InChI is InChI=1S/C15H22N2O2/c1-15(2,3)9-17-8-11-6-12(18)5-4-10(11)7-13(16)14(17)19/h4-6,13,18H,7-9,16H2,1-3H3/t13-/m0/s1. The highest BCUT2D eigenvalue weighted by molar-refractivity contribution is 5.82. The average Bonchev–Trinajstić information content (AvgIpc) is 2.38. The molecule has 104 valence electrons. The zero-order valence-electron chi connectivity index (χ0n) is 11.8. The molecule has 1 atom stereocenters. The van der Waals surface area contributed by atoms with Crippen LogP contribution in [0.1, 0.15) is 31.9 Å². The molecule has 0 saturated heterocycles. The Morgan fingerprint density at radius 1 is 1.37 bits per heavy atom. The minimum Gasteiger partial charge on any atom is -0.508 e. The van der Waals surface area contributed by atoms with Crippen LogP contribution in [-0.2, 0) is 17.8 Å². The van der Waals surface area contributed by atoms with Crippen molar-refractivity contribution in [1.82, 2.24) is 4.90 Å². The van der Waals surface area contributed by atoms with Crippen LogP contribution in [0, 0.1) is 5.41 Å². The molecule has 0 spiro atoms. The number of nitrogens with two attached hydrogens (primary N) is 1. The van der Waals surface area contributed by atoms with E-state index in [4.69, 9.17) is 5.73 Å². The molecular formula is C15H22N2O2. The number of amides is 1. The van der Waals surface area contributed by atoms with Crippen LogP contribution in [0.5, 0.6) is 5.75 Å². The number of aromatic hydroxyl groups is 1. The lowest BCUT2D eigenvalue weighted by Crippen LogP contribution is -2.45. The molecule has 0 bridgehead atoms. The van der Waals surface area contributed by atoms with Crippen LogP contribution >= 0.6 is 0 Å². The molecule has 0 radical (unpaired) electrons. The third kappa shape index (κ3) is 3.26. The van der Waals surface area contributed by atoms with Crippen molar-refractivity contribution in [3.63, 3.8) is 0 Å². The maximum atomic E-state index is 12.3. The summed E-state index contributed by atoms with van der Waals surface area (Å²) in [6, 6.07) is 4.75. The summed E-state index contributed by atoms with van der Waals surface area (Å²) in [6.07, 6.45) is 0.537. The molecule has 3 N–H and O–H groups in total. The summed E-state index contributed by atoms with van der Waals surface area (Å²) < 4.78 is 0. The first kappa shape index (κ1) is 13.9. The lowest BCUT2D eigenvalue weighted by molar-refractivity contribution is -0.134. The van der Waals surface area contributed by atoms with Crippen LogP contribution in [0.2, 0.25) is 0 Å². The Bertz CT molecular complexity index is 491. The van der Waals surface area contributed by atoms with Crippen LogP contribution in [0.25, 0.3) is 0 Å². The zero-order valence-corrected chi connectivity index (χ0v) is 11.8. The van der Waals surface area contributed by atoms with Gasteiger partial charge in [-0.3, -0.25) is 4.79 Å². The summed E-state index contributed by atoms with van der Waals surface area (Å²) in [6.45, 7) is 7.47. The highest BCUT2D eigenvalue weighted by Crippen LogP contribution is 2.25. The number of phenols is 1. The zero-order chi connectivity index (χ0) is 14.2. The van der Waals surface area contributed by atoms with Crippen LogP contribution in [0.4, 0.5) is 0 Å². The van der Waals surface area contributed by atoms with Gasteiger partial charge in [0.15, 0.2) is 0 Å². The van der Waals surface area contributed by atoms with E-state index >= 15 is 0 Å². The normalized spacial score (nSPS) is 20.1. The van der Waals surface area contributed by atoms with Gasteiger partial charge in [-0.2, -0.15) is 0 Å². The van der Waals surface area contributed by atoms with E-state index in [1.54, 1.807) is 17.0 Å². The second-order valence-electron chi connectivity index (χ2n) is 6.52. The highest BCUT2D eigenvalue weighted by Gasteiger charge is 2.29. The lowest BCUT2D eigenvalue weighted by Gasteiger charge is -2.30. The molecule has 1 aliphatic heterocycles. The first-order valence-electron chi connectivity index (χ1n) is 6.61. The number of hydrogen-bond acceptors (Lipinski definition) is 3. The largest absolute Gasteiger partial charge is 0.508 e. The van der Waals surface area contributed by atoms with Gasteiger partial charge in [0.05, 0.1) is 6.04 Å². The van der Waals surface area contributed by atoms with Crippen molar-refractivity contribution in [3.05, 3.63) is 29.3 Å². The summed E-state index contributed by atoms with van der Waals surface area (Å²) in [4.78, 5) is 14.1. The minimum absolute atomic E-state index is 0.00869. The molecule has 1 aliphatic rings. The number of rotatable bonds is 1. The maximum Gasteiger partial charge on any atom is 0.240 e. The fraction of sp³-hybridized carbons (Fsp3) is 0.533. The van der Waals surface area contributed by atoms with Gasteiger partial charge in [0.2, 0.25) is 5.91 Å². The van der Waals surface area contributed by atoms with Crippen LogP contribution in [-0.4, -0.2) is 28.5 Å². The van der Waals surface area contributed by atoms with Crippen molar-refractivity contribution < 1.29 is 9.90 Å². The van der Waals surface area contributed by atoms with E-state index in [2.05, 4.69) is 20.8 Å². The van der Waals surface area contributed by atoms with Gasteiger partial charge in [-0.1, -0.05) is 26.8 Å². The lowest BCUT2D eigenvalue weighted by atomic mass is 9.95. The Kier molecular flexibility index (Phi) is 3.54. The van der Waals surface area contributed by atoms with Crippen LogP contribution in [0.3, 0.4) is 0 Å². The average molecular weight is 262 g/mol. The monoisotopic (exact) mass is 262 g/mol. The number of hydrogen-bond donors (Lipinski definition) is 2. The third-order valence-electron chi connectivity index (χ3n) is 3.28. The summed E-state index contributed by atoms with van der Waals surface area (Å²) in [7, 11) is 0. The molecule has 4 heteroatoms. The summed E-state index contributed by atoms with van der Waals surface area (Å²) in [5.74, 6) is 0.225. The molecule has 0 aliphatic carbocycles. The van der Waals surface area contributed by atoms with Crippen molar-refractivity contribution in [2.75, 3.05) is 6.54 Å². The van der Waals surface area contributed by atoms with Crippen molar-refractivity contribution in [3.8, 4) is 5.75 Å². The second kappa shape index (κ2) is 4.85. The van der Waals surface area contributed by atoms with Gasteiger partial charge in [-0.05, 0) is 35.1 Å². The quantitative estimate of drug-likeness (QED) is 0.808. The summed E-state index contributed by atoms with van der Waals surface area (Å²) in [5.41, 5.74) is 8.05. The Labute approximate surface area is 114 Å². The Hall–Kier alpha value is -1.55. The molecule has 0 unspecified atom stereocenters. The molecular weight excluding hydrogens is 240 g/mol. The van der Waals surface area contributed by atoms with Crippen LogP contribution < -0.4 is 5.73 Å². The van der Waals surface area contributed by atoms with E-state index in [9.17, 15) is 9.90 Å². The first-order chi connectivity index (χ1) is 8.76. The number of benzene rings is 1. The molecule has 0 fully saturated rings. The van der Waals surface area contributed by atoms with Gasteiger partial charge in [0.1, 0.15) is 5.75 Å². The fourth-order valence-corrected chi connectivity index (χ4v) is 2.51. The van der Waals surface area contributed by atoms with E-state index in [0.29, 0.717) is 19.5 Å². The van der Waals surface area contributed by atoms with Gasteiger partial charge >= 0.3 is 0 Å². The van der Waals surface area contributed by atoms with E-state index in [0.717, 1.165) is 11.1 Å². The molecule has 1 aromatic carbocycles. The van der Waals surface area contributed by atoms with E-state index in [-0.39, 0.29) is 17.1 Å². The molecule has 4 nitrogen and oxygen atoms in total. The van der Waals surface area contributed by atoms with Crippen molar-refractivity contribution in [2.24, 2.45) is 11.1 Å². The van der Waals surface area contributed by atoms with Gasteiger partial charge < -0.3 is 15.7 Å². The number of phenolic OH excluding ortho intramolecular Hbond substituents is 1. The highest BCUT2D eigenvalue weighted by atomic mass is 16.3. The molecule has 19 heavy (non-hydrogen) atoms. The Morgan fingerprint density at radius 3 is 2.68 bits per heavy atom. The second-order valence-corrected chi connectivity index (χ2v) is 6.52. The summed E-state index contributed by atoms with van der Waals surface area (Å²) >= 11 is 0. The van der Waals surface area contributed by atoms with E-state index in [1.807, 2.05) is 6.07 Å². The number of carbonyl (C=O) groups excluding carboxylic acids is 1. The number of fused-ring (bicyclic) bond motifs is 1.